The first kappa shape index (κ1) is 15.7. The maximum atomic E-state index is 12.8. The molecule has 23 heavy (non-hydrogen) atoms. The number of amides is 1. The highest BCUT2D eigenvalue weighted by molar-refractivity contribution is 5.87. The average molecular weight is 309 g/mol. The van der Waals surface area contributed by atoms with Gasteiger partial charge in [0.25, 0.3) is 0 Å². The van der Waals surface area contributed by atoms with Crippen LogP contribution < -0.4 is 5.32 Å². The van der Waals surface area contributed by atoms with Crippen molar-refractivity contribution >= 4 is 5.91 Å². The summed E-state index contributed by atoms with van der Waals surface area (Å²) in [5, 5.41) is 3.47. The standard InChI is InChI=1S/C19H23N3O/c1-22(2)18(23)19(10-6-12-21-19)13-15-7-3-4-9-17(15)16-8-5-11-20-14-16/h3-5,7-9,11,14,21H,6,10,12-13H2,1-2H3. The topological polar surface area (TPSA) is 45.2 Å². The molecule has 0 saturated carbocycles. The molecule has 120 valence electrons. The molecule has 1 aromatic carbocycles. The van der Waals surface area contributed by atoms with E-state index < -0.39 is 5.54 Å². The Kier molecular flexibility index (Phi) is 4.44. The summed E-state index contributed by atoms with van der Waals surface area (Å²) in [4.78, 5) is 18.7. The Morgan fingerprint density at radius 3 is 2.74 bits per heavy atom. The third-order valence-electron chi connectivity index (χ3n) is 4.54. The Bertz CT molecular complexity index is 676. The third-order valence-corrected chi connectivity index (χ3v) is 4.54. The quantitative estimate of drug-likeness (QED) is 0.944. The molecule has 0 radical (unpaired) electrons. The van der Waals surface area contributed by atoms with E-state index in [1.54, 1.807) is 11.1 Å². The van der Waals surface area contributed by atoms with Crippen LogP contribution in [0.5, 0.6) is 0 Å². The van der Waals surface area contributed by atoms with Crippen LogP contribution in [0.25, 0.3) is 11.1 Å². The molecule has 0 spiro atoms. The summed E-state index contributed by atoms with van der Waals surface area (Å²) in [6, 6.07) is 12.3. The van der Waals surface area contributed by atoms with Crippen molar-refractivity contribution in [3.05, 3.63) is 54.4 Å². The first-order valence-electron chi connectivity index (χ1n) is 8.07. The zero-order valence-corrected chi connectivity index (χ0v) is 13.7. The number of likely N-dealkylation sites (N-methyl/N-ethyl adjacent to an activating group) is 1. The lowest BCUT2D eigenvalue weighted by Crippen LogP contribution is -2.54. The molecule has 1 amide bonds. The van der Waals surface area contributed by atoms with Gasteiger partial charge in [-0.1, -0.05) is 30.3 Å². The predicted octanol–water partition coefficient (Wildman–Crippen LogP) is 2.50. The summed E-state index contributed by atoms with van der Waals surface area (Å²) in [5.74, 6) is 0.163. The summed E-state index contributed by atoms with van der Waals surface area (Å²) in [6.45, 7) is 0.897. The normalized spacial score (nSPS) is 20.4. The number of hydrogen-bond acceptors (Lipinski definition) is 3. The fourth-order valence-electron chi connectivity index (χ4n) is 3.45. The lowest BCUT2D eigenvalue weighted by atomic mass is 9.85. The molecule has 4 heteroatoms. The average Bonchev–Trinajstić information content (AvgIpc) is 3.05. The minimum atomic E-state index is -0.484. The van der Waals surface area contributed by atoms with Crippen molar-refractivity contribution < 1.29 is 4.79 Å². The van der Waals surface area contributed by atoms with Crippen molar-refractivity contribution in [2.45, 2.75) is 24.8 Å². The van der Waals surface area contributed by atoms with E-state index in [4.69, 9.17) is 0 Å². The fourth-order valence-corrected chi connectivity index (χ4v) is 3.45. The number of aromatic nitrogens is 1. The van der Waals surface area contributed by atoms with Crippen LogP contribution in [0.2, 0.25) is 0 Å². The van der Waals surface area contributed by atoms with Gasteiger partial charge in [-0.05, 0) is 36.6 Å². The first-order chi connectivity index (χ1) is 11.1. The molecular weight excluding hydrogens is 286 g/mol. The zero-order valence-electron chi connectivity index (χ0n) is 13.7. The SMILES string of the molecule is CN(C)C(=O)C1(Cc2ccccc2-c2cccnc2)CCCN1. The maximum absolute atomic E-state index is 12.8. The van der Waals surface area contributed by atoms with Crippen LogP contribution in [-0.2, 0) is 11.2 Å². The van der Waals surface area contributed by atoms with E-state index in [-0.39, 0.29) is 5.91 Å². The van der Waals surface area contributed by atoms with E-state index in [0.29, 0.717) is 6.42 Å². The number of nitrogens with one attached hydrogen (secondary N) is 1. The second kappa shape index (κ2) is 6.50. The van der Waals surface area contributed by atoms with Gasteiger partial charge in [0.1, 0.15) is 5.54 Å². The van der Waals surface area contributed by atoms with Gasteiger partial charge in [-0.15, -0.1) is 0 Å². The van der Waals surface area contributed by atoms with Gasteiger partial charge in [-0.25, -0.2) is 0 Å². The van der Waals surface area contributed by atoms with Crippen LogP contribution in [0.15, 0.2) is 48.8 Å². The van der Waals surface area contributed by atoms with Crippen LogP contribution >= 0.6 is 0 Å². The van der Waals surface area contributed by atoms with Gasteiger partial charge in [-0.2, -0.15) is 0 Å². The van der Waals surface area contributed by atoms with Crippen LogP contribution in [0.3, 0.4) is 0 Å². The molecule has 1 fully saturated rings. The maximum Gasteiger partial charge on any atom is 0.242 e. The summed E-state index contributed by atoms with van der Waals surface area (Å²) in [6.07, 6.45) is 6.28. The van der Waals surface area contributed by atoms with Gasteiger partial charge in [0, 0.05) is 38.5 Å². The van der Waals surface area contributed by atoms with E-state index in [0.717, 1.165) is 30.5 Å². The molecular formula is C19H23N3O. The van der Waals surface area contributed by atoms with Crippen LogP contribution in [-0.4, -0.2) is 42.0 Å². The molecule has 3 rings (SSSR count). The van der Waals surface area contributed by atoms with Crippen LogP contribution in [0.4, 0.5) is 0 Å². The van der Waals surface area contributed by atoms with E-state index in [1.165, 1.54) is 5.56 Å². The monoisotopic (exact) mass is 309 g/mol. The summed E-state index contributed by atoms with van der Waals surface area (Å²) >= 11 is 0. The number of carbonyl (C=O) groups excluding carboxylic acids is 1. The molecule has 4 nitrogen and oxygen atoms in total. The van der Waals surface area contributed by atoms with Gasteiger partial charge in [0.2, 0.25) is 5.91 Å². The molecule has 1 aliphatic rings. The van der Waals surface area contributed by atoms with Crippen molar-refractivity contribution in [3.8, 4) is 11.1 Å². The van der Waals surface area contributed by atoms with Gasteiger partial charge in [-0.3, -0.25) is 9.78 Å². The van der Waals surface area contributed by atoms with E-state index in [1.807, 2.05) is 38.5 Å². The minimum absolute atomic E-state index is 0.163. The Balaban J connectivity index is 1.98. The van der Waals surface area contributed by atoms with Gasteiger partial charge < -0.3 is 10.2 Å². The van der Waals surface area contributed by atoms with Crippen LogP contribution in [0.1, 0.15) is 18.4 Å². The second-order valence-corrected chi connectivity index (χ2v) is 6.39. The molecule has 1 unspecified atom stereocenters. The molecule has 1 atom stereocenters. The number of benzene rings is 1. The van der Waals surface area contributed by atoms with Gasteiger partial charge in [0.15, 0.2) is 0 Å². The summed E-state index contributed by atoms with van der Waals surface area (Å²) in [5.41, 5.74) is 2.95. The summed E-state index contributed by atoms with van der Waals surface area (Å²) < 4.78 is 0. The minimum Gasteiger partial charge on any atom is -0.347 e. The van der Waals surface area contributed by atoms with Crippen molar-refractivity contribution in [3.63, 3.8) is 0 Å². The molecule has 1 N–H and O–H groups in total. The highest BCUT2D eigenvalue weighted by atomic mass is 16.2. The molecule has 1 aliphatic heterocycles. The predicted molar refractivity (Wildman–Crippen MR) is 92.0 cm³/mol. The number of rotatable bonds is 4. The molecule has 0 aliphatic carbocycles. The molecule has 2 heterocycles. The Morgan fingerprint density at radius 2 is 2.09 bits per heavy atom. The zero-order chi connectivity index (χ0) is 16.3. The van der Waals surface area contributed by atoms with Crippen molar-refractivity contribution in [2.24, 2.45) is 0 Å². The number of carbonyl (C=O) groups is 1. The van der Waals surface area contributed by atoms with Crippen LogP contribution in [0, 0.1) is 0 Å². The number of nitrogens with zero attached hydrogens (tertiary/aromatic N) is 2. The summed E-state index contributed by atoms with van der Waals surface area (Å²) in [7, 11) is 3.66. The van der Waals surface area contributed by atoms with E-state index >= 15 is 0 Å². The first-order valence-corrected chi connectivity index (χ1v) is 8.07. The van der Waals surface area contributed by atoms with Gasteiger partial charge in [0.05, 0.1) is 0 Å². The van der Waals surface area contributed by atoms with Crippen molar-refractivity contribution in [2.75, 3.05) is 20.6 Å². The smallest absolute Gasteiger partial charge is 0.242 e. The van der Waals surface area contributed by atoms with Crippen molar-refractivity contribution in [1.29, 1.82) is 0 Å². The molecule has 0 bridgehead atoms. The van der Waals surface area contributed by atoms with Crippen molar-refractivity contribution in [1.82, 2.24) is 15.2 Å². The number of pyridine rings is 1. The Hall–Kier alpha value is -2.20. The van der Waals surface area contributed by atoms with Gasteiger partial charge >= 0.3 is 0 Å². The Morgan fingerprint density at radius 1 is 1.26 bits per heavy atom. The largest absolute Gasteiger partial charge is 0.347 e. The molecule has 2 aromatic rings. The van der Waals surface area contributed by atoms with E-state index in [9.17, 15) is 4.79 Å². The number of hydrogen-bond donors (Lipinski definition) is 1. The fraction of sp³-hybridized carbons (Fsp3) is 0.368. The molecule has 1 aromatic heterocycles. The molecule has 1 saturated heterocycles. The Labute approximate surface area is 137 Å². The third kappa shape index (κ3) is 3.13. The highest BCUT2D eigenvalue weighted by Crippen LogP contribution is 2.31. The lowest BCUT2D eigenvalue weighted by molar-refractivity contribution is -0.135. The second-order valence-electron chi connectivity index (χ2n) is 6.39. The highest BCUT2D eigenvalue weighted by Gasteiger charge is 2.42. The lowest BCUT2D eigenvalue weighted by Gasteiger charge is -2.32. The van der Waals surface area contributed by atoms with E-state index in [2.05, 4.69) is 28.5 Å².